The smallest absolute Gasteiger partial charge is 0.337 e. The molecule has 0 spiro atoms. The molecule has 1 heterocycles. The molecule has 0 radical (unpaired) electrons. The number of hydrogen-bond acceptors (Lipinski definition) is 6. The molecule has 3 rings (SSSR count). The maximum absolute atomic E-state index is 13.0. The molecule has 0 aliphatic heterocycles. The van der Waals surface area contributed by atoms with Crippen LogP contribution in [0.3, 0.4) is 0 Å². The lowest BCUT2D eigenvalue weighted by atomic mass is 10.1. The summed E-state index contributed by atoms with van der Waals surface area (Å²) in [5.74, 6) is 1.03. The van der Waals surface area contributed by atoms with E-state index in [4.69, 9.17) is 14.2 Å². The standard InChI is InChI=1S/C23H24N2O5/c1-14-10-18(23(27)29-5)11-15(2)21(14)30-20-12-16(3)24-25(22(20)26)13-17-6-8-19(28-4)9-7-17/h6-12H,13H2,1-5H3. The van der Waals surface area contributed by atoms with Crippen LogP contribution in [0.25, 0.3) is 0 Å². The number of carbonyl (C=O) groups excluding carboxylic acids is 1. The van der Waals surface area contributed by atoms with Crippen molar-refractivity contribution in [3.8, 4) is 17.2 Å². The van der Waals surface area contributed by atoms with E-state index >= 15 is 0 Å². The van der Waals surface area contributed by atoms with Crippen LogP contribution in [-0.2, 0) is 11.3 Å². The van der Waals surface area contributed by atoms with Crippen molar-refractivity contribution in [1.82, 2.24) is 9.78 Å². The first kappa shape index (κ1) is 21.1. The Balaban J connectivity index is 1.94. The van der Waals surface area contributed by atoms with Crippen molar-refractivity contribution in [1.29, 1.82) is 0 Å². The third kappa shape index (κ3) is 4.51. The zero-order valence-corrected chi connectivity index (χ0v) is 17.7. The Hall–Kier alpha value is -3.61. The van der Waals surface area contributed by atoms with Gasteiger partial charge in [-0.1, -0.05) is 12.1 Å². The predicted octanol–water partition coefficient (Wildman–Crippen LogP) is 3.80. The van der Waals surface area contributed by atoms with Crippen LogP contribution in [0.15, 0.2) is 47.3 Å². The Kier molecular flexibility index (Phi) is 6.20. The minimum Gasteiger partial charge on any atom is -0.497 e. The predicted molar refractivity (Wildman–Crippen MR) is 113 cm³/mol. The van der Waals surface area contributed by atoms with Crippen molar-refractivity contribution in [3.05, 3.63) is 80.8 Å². The van der Waals surface area contributed by atoms with E-state index < -0.39 is 5.97 Å². The quantitative estimate of drug-likeness (QED) is 0.577. The second kappa shape index (κ2) is 8.82. The van der Waals surface area contributed by atoms with E-state index in [2.05, 4.69) is 5.10 Å². The van der Waals surface area contributed by atoms with Gasteiger partial charge in [0.1, 0.15) is 11.5 Å². The number of benzene rings is 2. The highest BCUT2D eigenvalue weighted by molar-refractivity contribution is 5.90. The minimum atomic E-state index is -0.422. The van der Waals surface area contributed by atoms with E-state index in [-0.39, 0.29) is 11.3 Å². The van der Waals surface area contributed by atoms with E-state index in [0.717, 1.165) is 22.4 Å². The van der Waals surface area contributed by atoms with Gasteiger partial charge in [0.15, 0.2) is 5.75 Å². The summed E-state index contributed by atoms with van der Waals surface area (Å²) in [4.78, 5) is 24.8. The van der Waals surface area contributed by atoms with Gasteiger partial charge in [0.2, 0.25) is 0 Å². The maximum atomic E-state index is 13.0. The molecule has 0 amide bonds. The maximum Gasteiger partial charge on any atom is 0.337 e. The lowest BCUT2D eigenvalue weighted by Gasteiger charge is -2.14. The SMILES string of the molecule is COC(=O)c1cc(C)c(Oc2cc(C)nn(Cc3ccc(OC)cc3)c2=O)c(C)c1. The van der Waals surface area contributed by atoms with E-state index in [9.17, 15) is 9.59 Å². The third-order valence-corrected chi connectivity index (χ3v) is 4.65. The molecule has 0 N–H and O–H groups in total. The van der Waals surface area contributed by atoms with Gasteiger partial charge in [-0.3, -0.25) is 4.79 Å². The number of esters is 1. The summed E-state index contributed by atoms with van der Waals surface area (Å²) in [6, 6.07) is 12.4. The fraction of sp³-hybridized carbons (Fsp3) is 0.261. The number of carbonyl (C=O) groups is 1. The van der Waals surface area contributed by atoms with Crippen molar-refractivity contribution < 1.29 is 19.0 Å². The summed E-state index contributed by atoms with van der Waals surface area (Å²) in [5, 5.41) is 4.34. The minimum absolute atomic E-state index is 0.174. The molecule has 7 heteroatoms. The summed E-state index contributed by atoms with van der Waals surface area (Å²) in [7, 11) is 2.94. The molecule has 0 saturated carbocycles. The number of ether oxygens (including phenoxy) is 3. The fourth-order valence-electron chi connectivity index (χ4n) is 3.18. The van der Waals surface area contributed by atoms with E-state index in [1.165, 1.54) is 11.8 Å². The molecule has 0 unspecified atom stereocenters. The Bertz CT molecular complexity index is 1110. The molecule has 7 nitrogen and oxygen atoms in total. The van der Waals surface area contributed by atoms with Crippen LogP contribution in [0.5, 0.6) is 17.2 Å². The van der Waals surface area contributed by atoms with Gasteiger partial charge in [-0.05, 0) is 61.7 Å². The molecule has 2 aromatic carbocycles. The fourth-order valence-corrected chi connectivity index (χ4v) is 3.18. The number of hydrogen-bond donors (Lipinski definition) is 0. The molecule has 0 bridgehead atoms. The van der Waals surface area contributed by atoms with Gasteiger partial charge in [0, 0.05) is 6.07 Å². The van der Waals surface area contributed by atoms with Crippen LogP contribution in [0.2, 0.25) is 0 Å². The molecular formula is C23H24N2O5. The molecule has 0 atom stereocenters. The van der Waals surface area contributed by atoms with E-state index in [1.807, 2.05) is 38.1 Å². The highest BCUT2D eigenvalue weighted by Gasteiger charge is 2.16. The van der Waals surface area contributed by atoms with E-state index in [0.29, 0.717) is 23.6 Å². The van der Waals surface area contributed by atoms with Gasteiger partial charge in [0.05, 0.1) is 32.0 Å². The second-order valence-electron chi connectivity index (χ2n) is 6.99. The number of rotatable bonds is 6. The molecular weight excluding hydrogens is 384 g/mol. The van der Waals surface area contributed by atoms with Crippen molar-refractivity contribution in [2.24, 2.45) is 0 Å². The summed E-state index contributed by atoms with van der Waals surface area (Å²) < 4.78 is 17.3. The zero-order chi connectivity index (χ0) is 21.8. The Labute approximate surface area is 174 Å². The number of methoxy groups -OCH3 is 2. The van der Waals surface area contributed by atoms with Crippen molar-refractivity contribution in [3.63, 3.8) is 0 Å². The molecule has 0 aliphatic carbocycles. The molecule has 1 aromatic heterocycles. The first-order valence-corrected chi connectivity index (χ1v) is 9.41. The van der Waals surface area contributed by atoms with Crippen molar-refractivity contribution in [2.45, 2.75) is 27.3 Å². The average molecular weight is 408 g/mol. The highest BCUT2D eigenvalue weighted by Crippen LogP contribution is 2.29. The number of aryl methyl sites for hydroxylation is 3. The summed E-state index contributed by atoms with van der Waals surface area (Å²) in [6.07, 6.45) is 0. The summed E-state index contributed by atoms with van der Waals surface area (Å²) in [6.45, 7) is 5.74. The van der Waals surface area contributed by atoms with Gasteiger partial charge in [0.25, 0.3) is 0 Å². The lowest BCUT2D eigenvalue weighted by molar-refractivity contribution is 0.0600. The Morgan fingerprint density at radius 2 is 1.63 bits per heavy atom. The van der Waals surface area contributed by atoms with Crippen LogP contribution in [0.1, 0.15) is 32.7 Å². The van der Waals surface area contributed by atoms with Gasteiger partial charge in [-0.25, -0.2) is 9.48 Å². The van der Waals surface area contributed by atoms with Crippen LogP contribution < -0.4 is 15.0 Å². The van der Waals surface area contributed by atoms with Crippen molar-refractivity contribution >= 4 is 5.97 Å². The Morgan fingerprint density at radius 3 is 2.20 bits per heavy atom. The molecule has 30 heavy (non-hydrogen) atoms. The van der Waals surface area contributed by atoms with Gasteiger partial charge < -0.3 is 14.2 Å². The van der Waals surface area contributed by atoms with Gasteiger partial charge >= 0.3 is 11.5 Å². The third-order valence-electron chi connectivity index (χ3n) is 4.65. The monoisotopic (exact) mass is 408 g/mol. The highest BCUT2D eigenvalue weighted by atomic mass is 16.5. The number of nitrogens with zero attached hydrogens (tertiary/aromatic N) is 2. The van der Waals surface area contributed by atoms with Crippen LogP contribution in [0, 0.1) is 20.8 Å². The van der Waals surface area contributed by atoms with E-state index in [1.54, 1.807) is 32.2 Å². The molecule has 0 aliphatic rings. The topological polar surface area (TPSA) is 79.7 Å². The normalized spacial score (nSPS) is 10.6. The van der Waals surface area contributed by atoms with Crippen LogP contribution >= 0.6 is 0 Å². The molecule has 0 fully saturated rings. The molecule has 3 aromatic rings. The largest absolute Gasteiger partial charge is 0.497 e. The van der Waals surface area contributed by atoms with Gasteiger partial charge in [-0.2, -0.15) is 5.10 Å². The van der Waals surface area contributed by atoms with Crippen LogP contribution in [-0.4, -0.2) is 30.0 Å². The van der Waals surface area contributed by atoms with Crippen molar-refractivity contribution in [2.75, 3.05) is 14.2 Å². The number of aromatic nitrogens is 2. The molecule has 0 saturated heterocycles. The lowest BCUT2D eigenvalue weighted by Crippen LogP contribution is -2.25. The zero-order valence-electron chi connectivity index (χ0n) is 17.7. The summed E-state index contributed by atoms with van der Waals surface area (Å²) in [5.41, 5.74) is 3.11. The first-order chi connectivity index (χ1) is 14.3. The van der Waals surface area contributed by atoms with Crippen LogP contribution in [0.4, 0.5) is 0 Å². The van der Waals surface area contributed by atoms with Gasteiger partial charge in [-0.15, -0.1) is 0 Å². The Morgan fingerprint density at radius 1 is 1.00 bits per heavy atom. The first-order valence-electron chi connectivity index (χ1n) is 9.41. The summed E-state index contributed by atoms with van der Waals surface area (Å²) >= 11 is 0. The average Bonchev–Trinajstić information content (AvgIpc) is 2.73. The molecule has 156 valence electrons. The second-order valence-corrected chi connectivity index (χ2v) is 6.99.